The minimum absolute atomic E-state index is 0.0932. The normalized spacial score (nSPS) is 10.3. The Morgan fingerprint density at radius 1 is 1.56 bits per heavy atom. The second-order valence-electron chi connectivity index (χ2n) is 3.39. The van der Waals surface area contributed by atoms with Gasteiger partial charge < -0.3 is 14.8 Å². The van der Waals surface area contributed by atoms with E-state index in [0.29, 0.717) is 11.7 Å². The summed E-state index contributed by atoms with van der Waals surface area (Å²) in [5.74, 6) is -0.575. The van der Waals surface area contributed by atoms with Gasteiger partial charge in [-0.1, -0.05) is 0 Å². The summed E-state index contributed by atoms with van der Waals surface area (Å²) in [4.78, 5) is 29.8. The van der Waals surface area contributed by atoms with Gasteiger partial charge in [0.25, 0.3) is 5.91 Å². The van der Waals surface area contributed by atoms with E-state index in [0.717, 1.165) is 11.3 Å². The zero-order valence-electron chi connectivity index (χ0n) is 9.34. The fraction of sp³-hybridized carbons (Fsp3) is 0.200. The van der Waals surface area contributed by atoms with Gasteiger partial charge in [-0.2, -0.15) is 0 Å². The van der Waals surface area contributed by atoms with E-state index < -0.39 is 11.9 Å². The molecule has 0 aliphatic carbocycles. The number of hydrogen-bond acceptors (Lipinski definition) is 6. The van der Waals surface area contributed by atoms with Crippen LogP contribution in [0.4, 0.5) is 0 Å². The molecule has 8 heteroatoms. The summed E-state index contributed by atoms with van der Waals surface area (Å²) in [7, 11) is 0. The van der Waals surface area contributed by atoms with Crippen molar-refractivity contribution in [2.45, 2.75) is 13.5 Å². The Labute approximate surface area is 105 Å². The lowest BCUT2D eigenvalue weighted by molar-refractivity contribution is 0.0691. The summed E-state index contributed by atoms with van der Waals surface area (Å²) in [5.41, 5.74) is -0.142. The molecule has 0 fully saturated rings. The van der Waals surface area contributed by atoms with Crippen LogP contribution in [0.3, 0.4) is 0 Å². The quantitative estimate of drug-likeness (QED) is 0.858. The van der Waals surface area contributed by atoms with Crippen molar-refractivity contribution in [3.8, 4) is 0 Å². The molecule has 0 radical (unpaired) electrons. The van der Waals surface area contributed by atoms with Crippen LogP contribution in [0.25, 0.3) is 0 Å². The van der Waals surface area contributed by atoms with Crippen LogP contribution in [0.5, 0.6) is 0 Å². The monoisotopic (exact) mass is 267 g/mol. The number of hydrogen-bond donors (Lipinski definition) is 2. The first-order chi connectivity index (χ1) is 8.56. The highest BCUT2D eigenvalue weighted by molar-refractivity contribution is 7.11. The predicted octanol–water partition coefficient (Wildman–Crippen LogP) is 1.07. The van der Waals surface area contributed by atoms with Crippen LogP contribution in [-0.2, 0) is 6.54 Å². The molecule has 0 aliphatic heterocycles. The van der Waals surface area contributed by atoms with Crippen LogP contribution >= 0.6 is 11.3 Å². The Morgan fingerprint density at radius 3 is 2.89 bits per heavy atom. The molecule has 0 aliphatic rings. The Morgan fingerprint density at radius 2 is 2.33 bits per heavy atom. The molecule has 2 rings (SSSR count). The number of nitrogens with zero attached hydrogens (tertiary/aromatic N) is 2. The number of aromatic nitrogens is 2. The van der Waals surface area contributed by atoms with Gasteiger partial charge in [0.15, 0.2) is 10.7 Å². The molecule has 0 unspecified atom stereocenters. The van der Waals surface area contributed by atoms with E-state index in [1.807, 2.05) is 0 Å². The van der Waals surface area contributed by atoms with E-state index in [1.54, 1.807) is 13.1 Å². The van der Waals surface area contributed by atoms with Crippen molar-refractivity contribution in [3.63, 3.8) is 0 Å². The first kappa shape index (κ1) is 12.2. The Balaban J connectivity index is 1.97. The Hall–Kier alpha value is -2.22. The molecular formula is C10H9N3O4S. The van der Waals surface area contributed by atoms with Gasteiger partial charge in [0.1, 0.15) is 5.76 Å². The van der Waals surface area contributed by atoms with Gasteiger partial charge in [0.2, 0.25) is 5.89 Å². The number of carbonyl (C=O) groups excluding carboxylic acids is 1. The van der Waals surface area contributed by atoms with Gasteiger partial charge in [0.05, 0.1) is 12.7 Å². The molecule has 0 bridgehead atoms. The van der Waals surface area contributed by atoms with Crippen LogP contribution in [0.2, 0.25) is 0 Å². The minimum atomic E-state index is -1.16. The van der Waals surface area contributed by atoms with Crippen molar-refractivity contribution in [1.29, 1.82) is 0 Å². The number of carboxylic acid groups (broad SMARTS) is 1. The van der Waals surface area contributed by atoms with Crippen LogP contribution in [-0.4, -0.2) is 27.0 Å². The predicted molar refractivity (Wildman–Crippen MR) is 61.5 cm³/mol. The molecule has 7 nitrogen and oxygen atoms in total. The number of aryl methyl sites for hydroxylation is 1. The van der Waals surface area contributed by atoms with Gasteiger partial charge in [-0.15, -0.1) is 11.3 Å². The molecule has 2 N–H and O–H groups in total. The number of aromatic carboxylic acids is 1. The lowest BCUT2D eigenvalue weighted by Gasteiger charge is -1.98. The number of carbonyl (C=O) groups is 2. The average Bonchev–Trinajstić information content (AvgIpc) is 2.94. The summed E-state index contributed by atoms with van der Waals surface area (Å²) in [5, 5.41) is 12.6. The Kier molecular flexibility index (Phi) is 3.38. The molecule has 0 spiro atoms. The van der Waals surface area contributed by atoms with E-state index in [1.165, 1.54) is 5.38 Å². The third-order valence-corrected chi connectivity index (χ3v) is 2.83. The summed E-state index contributed by atoms with van der Waals surface area (Å²) in [6, 6.07) is 0. The van der Waals surface area contributed by atoms with Crippen LogP contribution in [0.15, 0.2) is 16.0 Å². The molecule has 0 aromatic carbocycles. The van der Waals surface area contributed by atoms with Crippen molar-refractivity contribution >= 4 is 23.2 Å². The molecule has 94 valence electrons. The lowest BCUT2D eigenvalue weighted by atomic mass is 10.5. The number of thiazole rings is 1. The summed E-state index contributed by atoms with van der Waals surface area (Å²) in [6.45, 7) is 1.88. The smallest absolute Gasteiger partial charge is 0.355 e. The van der Waals surface area contributed by atoms with Crippen molar-refractivity contribution in [2.24, 2.45) is 0 Å². The first-order valence-corrected chi connectivity index (χ1v) is 5.82. The second kappa shape index (κ2) is 4.96. The number of nitrogens with one attached hydrogen (secondary N) is 1. The van der Waals surface area contributed by atoms with Gasteiger partial charge in [-0.05, 0) is 6.92 Å². The van der Waals surface area contributed by atoms with Crippen molar-refractivity contribution < 1.29 is 19.1 Å². The molecular weight excluding hydrogens is 258 g/mol. The van der Waals surface area contributed by atoms with Crippen LogP contribution in [0.1, 0.15) is 31.9 Å². The molecule has 0 saturated carbocycles. The van der Waals surface area contributed by atoms with E-state index in [-0.39, 0.29) is 17.2 Å². The number of amides is 1. The highest BCUT2D eigenvalue weighted by atomic mass is 32.1. The minimum Gasteiger partial charge on any atom is -0.476 e. The summed E-state index contributed by atoms with van der Waals surface area (Å²) >= 11 is 0.971. The maximum atomic E-state index is 11.6. The molecule has 2 aromatic rings. The third kappa shape index (κ3) is 2.72. The van der Waals surface area contributed by atoms with Crippen molar-refractivity contribution in [2.75, 3.05) is 0 Å². The number of rotatable bonds is 4. The van der Waals surface area contributed by atoms with Crippen molar-refractivity contribution in [3.05, 3.63) is 33.9 Å². The zero-order valence-corrected chi connectivity index (χ0v) is 10.2. The maximum absolute atomic E-state index is 11.6. The topological polar surface area (TPSA) is 105 Å². The second-order valence-corrected chi connectivity index (χ2v) is 4.25. The molecule has 0 saturated heterocycles. The van der Waals surface area contributed by atoms with Crippen LogP contribution in [0, 0.1) is 6.92 Å². The molecule has 0 atom stereocenters. The molecule has 2 heterocycles. The fourth-order valence-corrected chi connectivity index (χ4v) is 1.90. The van der Waals surface area contributed by atoms with E-state index in [4.69, 9.17) is 9.52 Å². The van der Waals surface area contributed by atoms with Gasteiger partial charge in [-0.3, -0.25) is 4.79 Å². The zero-order chi connectivity index (χ0) is 13.1. The van der Waals surface area contributed by atoms with E-state index in [2.05, 4.69) is 15.3 Å². The Bertz CT molecular complexity index is 589. The summed E-state index contributed by atoms with van der Waals surface area (Å²) in [6.07, 6.45) is 1.55. The maximum Gasteiger partial charge on any atom is 0.355 e. The molecule has 18 heavy (non-hydrogen) atoms. The number of carboxylic acids is 1. The lowest BCUT2D eigenvalue weighted by Crippen LogP contribution is -2.22. The largest absolute Gasteiger partial charge is 0.476 e. The summed E-state index contributed by atoms with van der Waals surface area (Å²) < 4.78 is 5.18. The third-order valence-electron chi connectivity index (χ3n) is 1.99. The van der Waals surface area contributed by atoms with E-state index in [9.17, 15) is 9.59 Å². The molecule has 1 amide bonds. The molecule has 2 aromatic heterocycles. The van der Waals surface area contributed by atoms with Crippen molar-refractivity contribution in [1.82, 2.24) is 15.3 Å². The standard InChI is InChI=1S/C10H9N3O4S/c1-5-2-11-7(17-5)3-12-8(14)9-13-6(4-18-9)10(15)16/h2,4H,3H2,1H3,(H,12,14)(H,15,16). The fourth-order valence-electron chi connectivity index (χ4n) is 1.19. The average molecular weight is 267 g/mol. The SMILES string of the molecule is Cc1cnc(CNC(=O)c2nc(C(=O)O)cs2)o1. The van der Waals surface area contributed by atoms with Crippen LogP contribution < -0.4 is 5.32 Å². The highest BCUT2D eigenvalue weighted by Crippen LogP contribution is 2.10. The number of oxazole rings is 1. The van der Waals surface area contributed by atoms with Gasteiger partial charge in [0, 0.05) is 5.38 Å². The van der Waals surface area contributed by atoms with E-state index >= 15 is 0 Å². The highest BCUT2D eigenvalue weighted by Gasteiger charge is 2.14. The van der Waals surface area contributed by atoms with Gasteiger partial charge >= 0.3 is 5.97 Å². The first-order valence-electron chi connectivity index (χ1n) is 4.94. The van der Waals surface area contributed by atoms with Gasteiger partial charge in [-0.25, -0.2) is 14.8 Å².